The van der Waals surface area contributed by atoms with Gasteiger partial charge in [-0.3, -0.25) is 19.7 Å². The summed E-state index contributed by atoms with van der Waals surface area (Å²) in [7, 11) is 0. The van der Waals surface area contributed by atoms with E-state index in [0.717, 1.165) is 11.1 Å². The first-order chi connectivity index (χ1) is 15.0. The molecular formula is C22H25N3O6. The van der Waals surface area contributed by atoms with Crippen molar-refractivity contribution in [3.05, 3.63) is 34.9 Å². The molecule has 4 amide bonds. The summed E-state index contributed by atoms with van der Waals surface area (Å²) in [4.78, 5) is 50.2. The zero-order chi connectivity index (χ0) is 21.5. The van der Waals surface area contributed by atoms with E-state index >= 15 is 0 Å². The molecule has 31 heavy (non-hydrogen) atoms. The minimum Gasteiger partial charge on any atom is -0.443 e. The Balaban J connectivity index is 1.18. The van der Waals surface area contributed by atoms with Crippen molar-refractivity contribution in [1.82, 2.24) is 15.5 Å². The van der Waals surface area contributed by atoms with Crippen molar-refractivity contribution in [2.45, 2.75) is 50.9 Å². The number of fused-ring (bicyclic) bond motifs is 1. The number of imide groups is 1. The lowest BCUT2D eigenvalue weighted by Gasteiger charge is -2.29. The highest BCUT2D eigenvalue weighted by atomic mass is 16.6. The lowest BCUT2D eigenvalue weighted by Crippen LogP contribution is -2.52. The molecule has 4 aliphatic rings. The number of nitrogens with zero attached hydrogens (tertiary/aromatic N) is 1. The molecule has 3 aliphatic heterocycles. The summed E-state index contributed by atoms with van der Waals surface area (Å²) < 4.78 is 11.0. The van der Waals surface area contributed by atoms with Gasteiger partial charge in [0.05, 0.1) is 13.2 Å². The van der Waals surface area contributed by atoms with Crippen LogP contribution >= 0.6 is 0 Å². The molecule has 9 heteroatoms. The number of amides is 4. The molecule has 9 nitrogen and oxygen atoms in total. The lowest BCUT2D eigenvalue weighted by molar-refractivity contribution is -0.136. The number of rotatable bonds is 5. The smallest absolute Gasteiger partial charge is 0.407 e. The van der Waals surface area contributed by atoms with Gasteiger partial charge in [0.25, 0.3) is 5.91 Å². The fourth-order valence-corrected chi connectivity index (χ4v) is 4.70. The van der Waals surface area contributed by atoms with Crippen LogP contribution < -0.4 is 10.6 Å². The molecule has 0 spiro atoms. The average Bonchev–Trinajstić information content (AvgIpc) is 3.41. The molecular weight excluding hydrogens is 402 g/mol. The molecule has 5 rings (SSSR count). The Bertz CT molecular complexity index is 943. The SMILES string of the molecule is O=C1CCC(N2Cc3ccc(CNC(=O)O[C@@H]4COC[C@H]4C4CC4)cc3C2=O)C(=O)N1. The first-order valence-electron chi connectivity index (χ1n) is 10.8. The zero-order valence-electron chi connectivity index (χ0n) is 17.1. The van der Waals surface area contributed by atoms with Crippen LogP contribution in [0.25, 0.3) is 0 Å². The minimum atomic E-state index is -0.637. The van der Waals surface area contributed by atoms with Crippen LogP contribution in [-0.2, 0) is 32.2 Å². The van der Waals surface area contributed by atoms with Crippen LogP contribution in [0.1, 0.15) is 47.2 Å². The summed E-state index contributed by atoms with van der Waals surface area (Å²) in [5.74, 6) is -0.0676. The van der Waals surface area contributed by atoms with Gasteiger partial charge in [0.1, 0.15) is 12.1 Å². The number of piperidine rings is 1. The van der Waals surface area contributed by atoms with Gasteiger partial charge in [0.2, 0.25) is 11.8 Å². The van der Waals surface area contributed by atoms with Gasteiger partial charge in [0.15, 0.2) is 0 Å². The summed E-state index contributed by atoms with van der Waals surface area (Å²) in [6, 6.07) is 4.80. The van der Waals surface area contributed by atoms with E-state index in [2.05, 4.69) is 10.6 Å². The number of carbonyl (C=O) groups is 4. The van der Waals surface area contributed by atoms with Gasteiger partial charge in [-0.05, 0) is 42.4 Å². The molecule has 1 aliphatic carbocycles. The van der Waals surface area contributed by atoms with Crippen molar-refractivity contribution >= 4 is 23.8 Å². The van der Waals surface area contributed by atoms with Gasteiger partial charge in [-0.2, -0.15) is 0 Å². The highest BCUT2D eigenvalue weighted by molar-refractivity contribution is 6.05. The fraction of sp³-hybridized carbons (Fsp3) is 0.545. The normalized spacial score (nSPS) is 27.8. The van der Waals surface area contributed by atoms with Crippen LogP contribution in [0.3, 0.4) is 0 Å². The van der Waals surface area contributed by atoms with Gasteiger partial charge in [0, 0.05) is 31.0 Å². The predicted molar refractivity (Wildman–Crippen MR) is 107 cm³/mol. The van der Waals surface area contributed by atoms with Crippen LogP contribution in [0.4, 0.5) is 4.79 Å². The topological polar surface area (TPSA) is 114 Å². The second-order valence-corrected chi connectivity index (χ2v) is 8.73. The third-order valence-electron chi connectivity index (χ3n) is 6.59. The monoisotopic (exact) mass is 427 g/mol. The molecule has 0 aromatic heterocycles. The number of ether oxygens (including phenoxy) is 2. The molecule has 1 aromatic rings. The molecule has 164 valence electrons. The molecule has 0 radical (unpaired) electrons. The van der Waals surface area contributed by atoms with E-state index < -0.39 is 18.0 Å². The fourth-order valence-electron chi connectivity index (χ4n) is 4.70. The highest BCUT2D eigenvalue weighted by Gasteiger charge is 2.42. The van der Waals surface area contributed by atoms with Gasteiger partial charge in [-0.1, -0.05) is 12.1 Å². The molecule has 1 saturated carbocycles. The van der Waals surface area contributed by atoms with Crippen LogP contribution in [0.15, 0.2) is 18.2 Å². The van der Waals surface area contributed by atoms with E-state index in [0.29, 0.717) is 43.6 Å². The molecule has 2 N–H and O–H groups in total. The quantitative estimate of drug-likeness (QED) is 0.681. The molecule has 1 unspecified atom stereocenters. The molecule has 3 fully saturated rings. The molecule has 3 atom stereocenters. The second kappa shape index (κ2) is 7.96. The van der Waals surface area contributed by atoms with Crippen molar-refractivity contribution < 1.29 is 28.7 Å². The first-order valence-corrected chi connectivity index (χ1v) is 10.8. The molecule has 2 saturated heterocycles. The van der Waals surface area contributed by atoms with Gasteiger partial charge < -0.3 is 19.7 Å². The van der Waals surface area contributed by atoms with E-state index in [9.17, 15) is 19.2 Å². The van der Waals surface area contributed by atoms with Crippen LogP contribution in [0, 0.1) is 11.8 Å². The Morgan fingerprint density at radius 3 is 2.81 bits per heavy atom. The van der Waals surface area contributed by atoms with E-state index in [1.165, 1.54) is 17.7 Å². The Morgan fingerprint density at radius 1 is 1.19 bits per heavy atom. The standard InChI is InChI=1S/C22H25N3O6/c26-19-6-5-17(20(27)24-19)25-9-14-2-1-12(7-15(14)21(25)28)8-23-22(29)31-18-11-30-10-16(18)13-3-4-13/h1-2,7,13,16-18H,3-6,8-11H2,(H,23,29)(H,24,26,27)/t16-,17?,18+/m0/s1. The summed E-state index contributed by atoms with van der Waals surface area (Å²) in [5, 5.41) is 5.05. The van der Waals surface area contributed by atoms with Gasteiger partial charge in [-0.25, -0.2) is 4.79 Å². The number of carbonyl (C=O) groups excluding carboxylic acids is 4. The van der Waals surface area contributed by atoms with E-state index in [4.69, 9.17) is 9.47 Å². The average molecular weight is 427 g/mol. The highest BCUT2D eigenvalue weighted by Crippen LogP contribution is 2.41. The summed E-state index contributed by atoms with van der Waals surface area (Å²) in [5.41, 5.74) is 2.13. The van der Waals surface area contributed by atoms with Crippen molar-refractivity contribution in [2.75, 3.05) is 13.2 Å². The summed E-state index contributed by atoms with van der Waals surface area (Å²) in [6.07, 6.45) is 2.22. The maximum Gasteiger partial charge on any atom is 0.407 e. The maximum atomic E-state index is 12.9. The van der Waals surface area contributed by atoms with Crippen molar-refractivity contribution in [3.8, 4) is 0 Å². The Morgan fingerprint density at radius 2 is 2.03 bits per heavy atom. The van der Waals surface area contributed by atoms with E-state index in [-0.39, 0.29) is 30.9 Å². The van der Waals surface area contributed by atoms with Crippen LogP contribution in [0.5, 0.6) is 0 Å². The number of hydrogen-bond acceptors (Lipinski definition) is 6. The zero-order valence-corrected chi connectivity index (χ0v) is 17.1. The first kappa shape index (κ1) is 20.0. The van der Waals surface area contributed by atoms with Crippen LogP contribution in [0.2, 0.25) is 0 Å². The number of nitrogens with one attached hydrogen (secondary N) is 2. The number of hydrogen-bond donors (Lipinski definition) is 2. The van der Waals surface area contributed by atoms with Gasteiger partial charge in [-0.15, -0.1) is 0 Å². The van der Waals surface area contributed by atoms with E-state index in [1.807, 2.05) is 12.1 Å². The number of alkyl carbamates (subject to hydrolysis) is 1. The van der Waals surface area contributed by atoms with Crippen molar-refractivity contribution in [2.24, 2.45) is 11.8 Å². The van der Waals surface area contributed by atoms with Gasteiger partial charge >= 0.3 is 6.09 Å². The largest absolute Gasteiger partial charge is 0.443 e. The second-order valence-electron chi connectivity index (χ2n) is 8.73. The molecule has 3 heterocycles. The minimum absolute atomic E-state index is 0.198. The summed E-state index contributed by atoms with van der Waals surface area (Å²) >= 11 is 0. The number of benzene rings is 1. The van der Waals surface area contributed by atoms with E-state index in [1.54, 1.807) is 6.07 Å². The third-order valence-corrected chi connectivity index (χ3v) is 6.59. The lowest BCUT2D eigenvalue weighted by atomic mass is 10.0. The van der Waals surface area contributed by atoms with Crippen LogP contribution in [-0.4, -0.2) is 54.1 Å². The van der Waals surface area contributed by atoms with Crippen molar-refractivity contribution in [1.29, 1.82) is 0 Å². The van der Waals surface area contributed by atoms with Crippen molar-refractivity contribution in [3.63, 3.8) is 0 Å². The third kappa shape index (κ3) is 4.01. The summed E-state index contributed by atoms with van der Waals surface area (Å²) in [6.45, 7) is 1.66. The predicted octanol–water partition coefficient (Wildman–Crippen LogP) is 1.10. The molecule has 0 bridgehead atoms. The Hall–Kier alpha value is -2.94. The Kier molecular flexibility index (Phi) is 5.13. The molecule has 1 aromatic carbocycles. The Labute approximate surface area is 179 Å². The maximum absolute atomic E-state index is 12.9.